The lowest BCUT2D eigenvalue weighted by molar-refractivity contribution is -0.139. The van der Waals surface area contributed by atoms with Crippen molar-refractivity contribution in [1.29, 1.82) is 0 Å². The van der Waals surface area contributed by atoms with Crippen molar-refractivity contribution in [2.75, 3.05) is 25.2 Å². The summed E-state index contributed by atoms with van der Waals surface area (Å²) in [4.78, 5) is 200. The first-order chi connectivity index (χ1) is 44.7. The number of imidazole rings is 1. The van der Waals surface area contributed by atoms with Gasteiger partial charge in [0.2, 0.25) is 76.8 Å². The largest absolute Gasteiger partial charge is 0.481 e. The molecule has 1 aromatic rings. The predicted octanol–water partition coefficient (Wildman–Crippen LogP) is -5.11. The Morgan fingerprint density at radius 2 is 1.03 bits per heavy atom. The van der Waals surface area contributed by atoms with E-state index in [0.29, 0.717) is 31.4 Å². The minimum atomic E-state index is -1.74. The van der Waals surface area contributed by atoms with Crippen LogP contribution in [0.25, 0.3) is 0 Å². The lowest BCUT2D eigenvalue weighted by Crippen LogP contribution is -2.63. The van der Waals surface area contributed by atoms with Crippen LogP contribution in [0.5, 0.6) is 0 Å². The molecule has 1 aliphatic rings. The number of nitrogens with two attached hydrogens (primary N) is 6. The summed E-state index contributed by atoms with van der Waals surface area (Å²) in [6.07, 6.45) is 4.54. The SMILES string of the molecule is CC[C@H](C)[C@H](NC(=O)[C@H](CCC(=O)O)NC(=O)[C@H](CO)NC(=O)[C@@H](NC(=O)C1(N)CCCCC1)C(C)C)C(=O)N[C@@H](CCC(N)=O)C(=O)N[C@@H](CC(C)C)C(=O)N[C@@H](CCSC)C(=O)N[C@@H](Cc1cnc[nH]1)C(=O)N[C@@H](CCC(N)=O)C(=O)N[C@@H](CCCN=C(N)N)C(N)=O. The Balaban J connectivity index is 2.47. The van der Waals surface area contributed by atoms with Gasteiger partial charge in [0.15, 0.2) is 5.96 Å². The Labute approximate surface area is 556 Å². The molecule has 0 radical (unpaired) electrons. The van der Waals surface area contributed by atoms with Gasteiger partial charge in [-0.05, 0) is 87.5 Å². The van der Waals surface area contributed by atoms with Crippen molar-refractivity contribution >= 4 is 100 Å². The third kappa shape index (κ3) is 30.1. The van der Waals surface area contributed by atoms with E-state index in [4.69, 9.17) is 34.4 Å². The molecule has 13 amide bonds. The molecule has 1 heterocycles. The molecule has 0 spiro atoms. The zero-order valence-electron chi connectivity index (χ0n) is 55.2. The van der Waals surface area contributed by atoms with Crippen molar-refractivity contribution in [3.05, 3.63) is 18.2 Å². The molecular formula is C59H101N19O16S. The fraction of sp³-hybridized carbons (Fsp3) is 0.695. The zero-order chi connectivity index (χ0) is 71.7. The first-order valence-electron chi connectivity index (χ1n) is 31.7. The monoisotopic (exact) mass is 1360 g/mol. The number of aliphatic hydroxyl groups excluding tert-OH is 1. The zero-order valence-corrected chi connectivity index (χ0v) is 56.0. The van der Waals surface area contributed by atoms with Gasteiger partial charge in [-0.1, -0.05) is 67.2 Å². The van der Waals surface area contributed by atoms with E-state index >= 15 is 0 Å². The summed E-state index contributed by atoms with van der Waals surface area (Å²) in [5.41, 5.74) is 32.7. The number of carbonyl (C=O) groups excluding carboxylic acids is 13. The molecule has 534 valence electrons. The van der Waals surface area contributed by atoms with Gasteiger partial charge in [0, 0.05) is 44.1 Å². The second kappa shape index (κ2) is 41.9. The fourth-order valence-corrected chi connectivity index (χ4v) is 10.5. The highest BCUT2D eigenvalue weighted by Crippen LogP contribution is 2.26. The summed E-state index contributed by atoms with van der Waals surface area (Å²) in [5, 5.41) is 45.3. The number of aliphatic hydroxyl groups is 1. The van der Waals surface area contributed by atoms with Gasteiger partial charge in [-0.2, -0.15) is 11.8 Å². The third-order valence-corrected chi connectivity index (χ3v) is 16.4. The van der Waals surface area contributed by atoms with Crippen LogP contribution in [0.15, 0.2) is 17.5 Å². The maximum absolute atomic E-state index is 14.5. The number of thioether (sulfide) groups is 1. The number of aromatic amines is 1. The van der Waals surface area contributed by atoms with Crippen molar-refractivity contribution in [3.63, 3.8) is 0 Å². The van der Waals surface area contributed by atoms with Crippen LogP contribution in [0.2, 0.25) is 0 Å². The number of hydrogen-bond donors (Lipinski definition) is 19. The second-order valence-corrected chi connectivity index (χ2v) is 25.4. The molecular weight excluding hydrogens is 1260 g/mol. The number of amides is 13. The molecule has 25 N–H and O–H groups in total. The van der Waals surface area contributed by atoms with Crippen LogP contribution >= 0.6 is 11.8 Å². The minimum Gasteiger partial charge on any atom is -0.481 e. The third-order valence-electron chi connectivity index (χ3n) is 15.7. The molecule has 35 nitrogen and oxygen atoms in total. The smallest absolute Gasteiger partial charge is 0.303 e. The van der Waals surface area contributed by atoms with Gasteiger partial charge in [0.1, 0.15) is 60.4 Å². The van der Waals surface area contributed by atoms with Crippen LogP contribution in [-0.4, -0.2) is 200 Å². The first kappa shape index (κ1) is 82.4. The van der Waals surface area contributed by atoms with Gasteiger partial charge in [0.25, 0.3) is 0 Å². The van der Waals surface area contributed by atoms with Crippen molar-refractivity contribution in [2.24, 2.45) is 57.1 Å². The molecule has 0 saturated heterocycles. The number of carboxylic acid groups (broad SMARTS) is 1. The topological polar surface area (TPSA) is 597 Å². The normalized spacial score (nSPS) is 16.1. The Morgan fingerprint density at radius 1 is 0.579 bits per heavy atom. The molecule has 1 aromatic heterocycles. The Morgan fingerprint density at radius 3 is 1.49 bits per heavy atom. The Bertz CT molecular complexity index is 2800. The van der Waals surface area contributed by atoms with Crippen molar-refractivity contribution < 1.29 is 77.3 Å². The van der Waals surface area contributed by atoms with Crippen molar-refractivity contribution in [1.82, 2.24) is 63.1 Å². The van der Waals surface area contributed by atoms with E-state index in [1.165, 1.54) is 24.3 Å². The number of carboxylic acids is 1. The highest BCUT2D eigenvalue weighted by Gasteiger charge is 2.41. The molecule has 1 fully saturated rings. The average molecular weight is 1360 g/mol. The van der Waals surface area contributed by atoms with Gasteiger partial charge in [-0.15, -0.1) is 0 Å². The van der Waals surface area contributed by atoms with Gasteiger partial charge < -0.3 is 103 Å². The van der Waals surface area contributed by atoms with Gasteiger partial charge in [-0.3, -0.25) is 72.1 Å². The first-order valence-corrected chi connectivity index (χ1v) is 33.1. The predicted molar refractivity (Wildman–Crippen MR) is 348 cm³/mol. The van der Waals surface area contributed by atoms with Crippen molar-refractivity contribution in [3.8, 4) is 0 Å². The number of rotatable bonds is 45. The van der Waals surface area contributed by atoms with Crippen LogP contribution in [0.4, 0.5) is 0 Å². The number of nitrogens with one attached hydrogen (secondary N) is 11. The molecule has 95 heavy (non-hydrogen) atoms. The number of carbonyl (C=O) groups is 14. The molecule has 2 rings (SSSR count). The highest BCUT2D eigenvalue weighted by molar-refractivity contribution is 7.98. The van der Waals surface area contributed by atoms with Crippen molar-refractivity contribution in [2.45, 2.75) is 217 Å². The summed E-state index contributed by atoms with van der Waals surface area (Å²) in [6.45, 7) is 9.01. The maximum Gasteiger partial charge on any atom is 0.303 e. The van der Waals surface area contributed by atoms with E-state index < -0.39 is 199 Å². The van der Waals surface area contributed by atoms with Crippen LogP contribution in [0.1, 0.15) is 150 Å². The average Bonchev–Trinajstić information content (AvgIpc) is 0.884. The number of aliphatic carboxylic acids is 1. The fourth-order valence-electron chi connectivity index (χ4n) is 10.0. The maximum atomic E-state index is 14.5. The summed E-state index contributed by atoms with van der Waals surface area (Å²) in [7, 11) is 0. The number of guanidine groups is 1. The summed E-state index contributed by atoms with van der Waals surface area (Å²) < 4.78 is 0. The Hall–Kier alpha value is -8.67. The van der Waals surface area contributed by atoms with Crippen LogP contribution < -0.4 is 87.6 Å². The van der Waals surface area contributed by atoms with E-state index in [2.05, 4.69) is 68.1 Å². The summed E-state index contributed by atoms with van der Waals surface area (Å²) >= 11 is 1.30. The molecule has 0 bridgehead atoms. The number of aliphatic imine (C=N–C) groups is 1. The molecule has 0 aromatic carbocycles. The van der Waals surface area contributed by atoms with E-state index in [1.54, 1.807) is 47.8 Å². The quantitative estimate of drug-likeness (QED) is 0.0165. The van der Waals surface area contributed by atoms with Gasteiger partial charge in [0.05, 0.1) is 18.5 Å². The van der Waals surface area contributed by atoms with Crippen LogP contribution in [-0.2, 0) is 73.5 Å². The van der Waals surface area contributed by atoms with E-state index in [1.807, 2.05) is 0 Å². The van der Waals surface area contributed by atoms with Gasteiger partial charge >= 0.3 is 5.97 Å². The summed E-state index contributed by atoms with van der Waals surface area (Å²) in [6, 6.07) is -15.0. The second-order valence-electron chi connectivity index (χ2n) is 24.4. The van der Waals surface area contributed by atoms with E-state index in [-0.39, 0.29) is 69.1 Å². The van der Waals surface area contributed by atoms with E-state index in [0.717, 1.165) is 6.42 Å². The number of primary amides is 3. The molecule has 1 saturated carbocycles. The van der Waals surface area contributed by atoms with E-state index in [9.17, 15) is 77.3 Å². The number of hydrogen-bond acceptors (Lipinski definition) is 19. The molecule has 1 aliphatic carbocycles. The minimum absolute atomic E-state index is 0.0152. The number of nitrogens with zero attached hydrogens (tertiary/aromatic N) is 2. The molecule has 11 atom stereocenters. The van der Waals surface area contributed by atoms with Crippen LogP contribution in [0.3, 0.4) is 0 Å². The van der Waals surface area contributed by atoms with Crippen LogP contribution in [0, 0.1) is 17.8 Å². The lowest BCUT2D eigenvalue weighted by atomic mass is 9.81. The summed E-state index contributed by atoms with van der Waals surface area (Å²) in [5.74, 6) is -15.0. The highest BCUT2D eigenvalue weighted by atomic mass is 32.2. The molecule has 0 aliphatic heterocycles. The lowest BCUT2D eigenvalue weighted by Gasteiger charge is -2.34. The number of aromatic nitrogens is 2. The molecule has 36 heteroatoms. The Kier molecular flexibility index (Phi) is 36.4. The number of H-pyrrole nitrogens is 1. The van der Waals surface area contributed by atoms with Gasteiger partial charge in [-0.25, -0.2) is 4.98 Å². The molecule has 0 unspecified atom stereocenters. The standard InChI is InChI=1S/C59H101N19O16S/c1-8-32(6)46(77-51(88)37(16-19-44(82)83)71-54(91)41(28-79)76-55(92)45(31(4)5)78-57(94)59(65)21-10-9-11-22-59)56(93)73-36(15-18-43(61)81)49(86)74-39(25-30(2)3)52(89)72-38(20-24-95-7)50(87)75-40(26-33-27-66-29-68-33)53(90)70-35(14-17-42(60)80)48(85)69-34(47(62)84)13-12-23-67-58(63)64/h27,29-32,34-41,45-46,79H,8-26,28,65H2,1-7H3,(H2,60,80)(H2,61,81)(H2,62,84)(H,66,68)(H,69,85)(H,70,90)(H,71,91)(H,72,89)(H,73,93)(H,74,86)(H,75,87)(H,76,92)(H,77,88)(H,78,94)(H,82,83)(H4,63,64,67)/t32-,34-,35-,36-,37-,38-,39-,40-,41-,45-,46-/m0/s1.